The van der Waals surface area contributed by atoms with Crippen LogP contribution in [-0.4, -0.2) is 6.21 Å². The number of hydrogen-bond acceptors (Lipinski definition) is 3. The minimum Gasteiger partial charge on any atom is -0.399 e. The number of anilines is 1. The van der Waals surface area contributed by atoms with E-state index in [1.165, 1.54) is 0 Å². The Balaban J connectivity index is 0.000000921. The first-order valence-corrected chi connectivity index (χ1v) is 5.04. The number of nitrogens with zero attached hydrogens (tertiary/aromatic N) is 1. The number of rotatable bonds is 4. The van der Waals surface area contributed by atoms with Gasteiger partial charge in [-0.2, -0.15) is 5.10 Å². The molecule has 15 heavy (non-hydrogen) atoms. The molecule has 0 aliphatic carbocycles. The Morgan fingerprint density at radius 3 is 2.80 bits per heavy atom. The molecule has 0 saturated carbocycles. The summed E-state index contributed by atoms with van der Waals surface area (Å²) < 4.78 is 0. The molecule has 0 aromatic heterocycles. The van der Waals surface area contributed by atoms with Crippen LogP contribution < -0.4 is 11.2 Å². The molecule has 82 valence electrons. The van der Waals surface area contributed by atoms with E-state index in [9.17, 15) is 0 Å². The van der Waals surface area contributed by atoms with E-state index in [0.29, 0.717) is 6.54 Å². The van der Waals surface area contributed by atoms with Crippen LogP contribution in [0.25, 0.3) is 0 Å². The second-order valence-electron chi connectivity index (χ2n) is 2.59. The van der Waals surface area contributed by atoms with Gasteiger partial charge in [0.15, 0.2) is 0 Å². The van der Waals surface area contributed by atoms with E-state index in [0.717, 1.165) is 11.3 Å². The number of nitrogens with two attached hydrogens (primary N) is 1. The summed E-state index contributed by atoms with van der Waals surface area (Å²) in [6.45, 7) is 8.19. The van der Waals surface area contributed by atoms with E-state index in [2.05, 4.69) is 17.1 Å². The van der Waals surface area contributed by atoms with Crippen molar-refractivity contribution < 1.29 is 0 Å². The third-order valence-electron chi connectivity index (χ3n) is 1.51. The molecule has 3 heteroatoms. The topological polar surface area (TPSA) is 50.4 Å². The summed E-state index contributed by atoms with van der Waals surface area (Å²) in [5.41, 5.74) is 10.4. The van der Waals surface area contributed by atoms with Crippen molar-refractivity contribution in [3.05, 3.63) is 42.5 Å². The van der Waals surface area contributed by atoms with Gasteiger partial charge in [0.2, 0.25) is 0 Å². The SMILES string of the molecule is C=C/C=N\NCc1cccc(N)c1.CC. The molecule has 0 fully saturated rings. The molecule has 0 saturated heterocycles. The molecular weight excluding hydrogens is 186 g/mol. The van der Waals surface area contributed by atoms with Gasteiger partial charge in [0, 0.05) is 11.9 Å². The standard InChI is InChI=1S/C10H13N3.C2H6/c1-2-6-12-13-8-9-4-3-5-10(11)7-9;1-2/h2-7,13H,1,8,11H2;1-2H3/b12-6-;. The molecule has 0 bridgehead atoms. The van der Waals surface area contributed by atoms with Crippen molar-refractivity contribution in [1.82, 2.24) is 5.43 Å². The number of benzene rings is 1. The number of nitrogens with one attached hydrogen (secondary N) is 1. The predicted octanol–water partition coefficient (Wildman–Crippen LogP) is 2.56. The zero-order valence-electron chi connectivity index (χ0n) is 9.40. The van der Waals surface area contributed by atoms with E-state index in [4.69, 9.17) is 5.73 Å². The van der Waals surface area contributed by atoms with Crippen LogP contribution in [0.15, 0.2) is 42.0 Å². The van der Waals surface area contributed by atoms with Gasteiger partial charge in [-0.1, -0.05) is 32.6 Å². The highest BCUT2D eigenvalue weighted by molar-refractivity contribution is 5.69. The van der Waals surface area contributed by atoms with Crippen molar-refractivity contribution in [2.75, 3.05) is 5.73 Å². The van der Waals surface area contributed by atoms with Gasteiger partial charge in [-0.25, -0.2) is 0 Å². The van der Waals surface area contributed by atoms with Crippen LogP contribution in [0.3, 0.4) is 0 Å². The maximum atomic E-state index is 5.61. The molecule has 3 N–H and O–H groups in total. The minimum absolute atomic E-state index is 0.676. The van der Waals surface area contributed by atoms with Crippen LogP contribution in [-0.2, 0) is 6.54 Å². The number of hydrogen-bond donors (Lipinski definition) is 2. The fraction of sp³-hybridized carbons (Fsp3) is 0.250. The van der Waals surface area contributed by atoms with Crippen molar-refractivity contribution in [2.24, 2.45) is 5.10 Å². The Hall–Kier alpha value is -1.77. The van der Waals surface area contributed by atoms with E-state index >= 15 is 0 Å². The van der Waals surface area contributed by atoms with Gasteiger partial charge in [-0.15, -0.1) is 0 Å². The van der Waals surface area contributed by atoms with E-state index in [1.54, 1.807) is 12.3 Å². The molecule has 0 atom stereocenters. The van der Waals surface area contributed by atoms with E-state index in [-0.39, 0.29) is 0 Å². The normalized spacial score (nSPS) is 9.20. The molecule has 1 aromatic carbocycles. The van der Waals surface area contributed by atoms with Gasteiger partial charge in [0.05, 0.1) is 6.54 Å². The second kappa shape index (κ2) is 8.81. The summed E-state index contributed by atoms with van der Waals surface area (Å²) in [7, 11) is 0. The quantitative estimate of drug-likeness (QED) is 0.451. The smallest absolute Gasteiger partial charge is 0.0580 e. The molecule has 1 aromatic rings. The van der Waals surface area contributed by atoms with Crippen molar-refractivity contribution in [2.45, 2.75) is 20.4 Å². The van der Waals surface area contributed by atoms with Crippen LogP contribution in [0.5, 0.6) is 0 Å². The van der Waals surface area contributed by atoms with Gasteiger partial charge in [-0.3, -0.25) is 0 Å². The zero-order chi connectivity index (χ0) is 11.5. The summed E-state index contributed by atoms with van der Waals surface area (Å²) in [6.07, 6.45) is 3.22. The molecule has 0 aliphatic heterocycles. The number of nitrogen functional groups attached to an aromatic ring is 1. The average molecular weight is 205 g/mol. The lowest BCUT2D eigenvalue weighted by Gasteiger charge is -2.00. The summed E-state index contributed by atoms with van der Waals surface area (Å²) in [4.78, 5) is 0. The summed E-state index contributed by atoms with van der Waals surface area (Å²) in [6, 6.07) is 7.68. The van der Waals surface area contributed by atoms with Crippen LogP contribution in [0.2, 0.25) is 0 Å². The fourth-order valence-electron chi connectivity index (χ4n) is 0.945. The minimum atomic E-state index is 0.676. The monoisotopic (exact) mass is 205 g/mol. The van der Waals surface area contributed by atoms with Crippen LogP contribution >= 0.6 is 0 Å². The van der Waals surface area contributed by atoms with E-state index < -0.39 is 0 Å². The lowest BCUT2D eigenvalue weighted by atomic mass is 10.2. The fourth-order valence-corrected chi connectivity index (χ4v) is 0.945. The highest BCUT2D eigenvalue weighted by Gasteiger charge is 1.90. The maximum absolute atomic E-state index is 5.61. The molecule has 1 rings (SSSR count). The van der Waals surface area contributed by atoms with E-state index in [1.807, 2.05) is 38.1 Å². The molecule has 0 aliphatic rings. The van der Waals surface area contributed by atoms with Gasteiger partial charge in [0.1, 0.15) is 0 Å². The van der Waals surface area contributed by atoms with Gasteiger partial charge in [-0.05, 0) is 23.8 Å². The first-order valence-electron chi connectivity index (χ1n) is 5.04. The third-order valence-corrected chi connectivity index (χ3v) is 1.51. The molecule has 0 radical (unpaired) electrons. The Labute approximate surface area is 91.7 Å². The Kier molecular flexibility index (Phi) is 7.77. The predicted molar refractivity (Wildman–Crippen MR) is 67.7 cm³/mol. The molecule has 0 heterocycles. The van der Waals surface area contributed by atoms with Crippen LogP contribution in [0.4, 0.5) is 5.69 Å². The van der Waals surface area contributed by atoms with Crippen molar-refractivity contribution in [3.8, 4) is 0 Å². The summed E-state index contributed by atoms with van der Waals surface area (Å²) >= 11 is 0. The van der Waals surface area contributed by atoms with Crippen molar-refractivity contribution >= 4 is 11.9 Å². The molecule has 0 amide bonds. The highest BCUT2D eigenvalue weighted by atomic mass is 15.3. The van der Waals surface area contributed by atoms with Crippen molar-refractivity contribution in [3.63, 3.8) is 0 Å². The average Bonchev–Trinajstić information content (AvgIpc) is 2.27. The molecular formula is C12H19N3. The van der Waals surface area contributed by atoms with Gasteiger partial charge >= 0.3 is 0 Å². The number of hydrazone groups is 1. The zero-order valence-corrected chi connectivity index (χ0v) is 9.40. The maximum Gasteiger partial charge on any atom is 0.0580 e. The lowest BCUT2D eigenvalue weighted by Crippen LogP contribution is -2.05. The first kappa shape index (κ1) is 13.2. The van der Waals surface area contributed by atoms with Crippen molar-refractivity contribution in [1.29, 1.82) is 0 Å². The van der Waals surface area contributed by atoms with Gasteiger partial charge < -0.3 is 11.2 Å². The Morgan fingerprint density at radius 2 is 2.20 bits per heavy atom. The highest BCUT2D eigenvalue weighted by Crippen LogP contribution is 2.05. The third kappa shape index (κ3) is 6.32. The van der Waals surface area contributed by atoms with Crippen LogP contribution in [0.1, 0.15) is 19.4 Å². The number of allylic oxidation sites excluding steroid dienone is 1. The van der Waals surface area contributed by atoms with Gasteiger partial charge in [0.25, 0.3) is 0 Å². The lowest BCUT2D eigenvalue weighted by molar-refractivity contribution is 0.749. The second-order valence-corrected chi connectivity index (χ2v) is 2.59. The van der Waals surface area contributed by atoms with Crippen LogP contribution in [0, 0.1) is 0 Å². The summed E-state index contributed by atoms with van der Waals surface area (Å²) in [5, 5.41) is 3.88. The summed E-state index contributed by atoms with van der Waals surface area (Å²) in [5.74, 6) is 0. The Bertz CT molecular complexity index is 305. The Morgan fingerprint density at radius 1 is 1.47 bits per heavy atom. The molecule has 0 spiro atoms. The molecule has 3 nitrogen and oxygen atoms in total. The largest absolute Gasteiger partial charge is 0.399 e. The first-order chi connectivity index (χ1) is 7.33. The molecule has 0 unspecified atom stereocenters.